The lowest BCUT2D eigenvalue weighted by Crippen LogP contribution is -2.74. The van der Waals surface area contributed by atoms with Gasteiger partial charge in [-0.2, -0.15) is 0 Å². The lowest BCUT2D eigenvalue weighted by Gasteiger charge is -2.70. The van der Waals surface area contributed by atoms with E-state index in [0.29, 0.717) is 25.9 Å². The number of ether oxygens (including phenoxy) is 4. The number of aliphatic hydroxyl groups excluding tert-OH is 1. The van der Waals surface area contributed by atoms with Crippen molar-refractivity contribution in [2.24, 2.45) is 33.5 Å². The van der Waals surface area contributed by atoms with Crippen molar-refractivity contribution in [1.29, 1.82) is 0 Å². The summed E-state index contributed by atoms with van der Waals surface area (Å²) < 4.78 is 30.1. The first-order chi connectivity index (χ1) is 19.2. The SMILES string of the molecule is CC(=O)OC1C[C@H]2[C@](C)(C3=CC[C@H](c4ccoc4)[C@]31C)[C@H](O)[C@H]1OC[C@]3(C)[C@H](OC(C)=O)C[C@H](OC(C)=O)[C@@]2(C)[C@@H]13. The molecule has 0 bridgehead atoms. The minimum Gasteiger partial charge on any atom is -0.472 e. The van der Waals surface area contributed by atoms with Crippen LogP contribution in [0.5, 0.6) is 0 Å². The largest absolute Gasteiger partial charge is 0.472 e. The minimum atomic E-state index is -0.881. The molecule has 12 atom stereocenters. The predicted octanol–water partition coefficient (Wildman–Crippen LogP) is 4.33. The highest BCUT2D eigenvalue weighted by Crippen LogP contribution is 2.75. The second-order valence-corrected chi connectivity index (χ2v) is 13.9. The normalized spacial score (nSPS) is 47.9. The van der Waals surface area contributed by atoms with Crippen molar-refractivity contribution in [2.75, 3.05) is 6.61 Å². The molecule has 3 saturated carbocycles. The average Bonchev–Trinajstić information content (AvgIpc) is 3.60. The molecule has 41 heavy (non-hydrogen) atoms. The fraction of sp³-hybridized carbons (Fsp3) is 0.719. The molecule has 9 nitrogen and oxygen atoms in total. The molecule has 2 heterocycles. The summed E-state index contributed by atoms with van der Waals surface area (Å²) in [6.07, 6.45) is 4.06. The Kier molecular flexibility index (Phi) is 6.37. The van der Waals surface area contributed by atoms with Crippen molar-refractivity contribution in [3.63, 3.8) is 0 Å². The molecule has 1 unspecified atom stereocenters. The van der Waals surface area contributed by atoms with Crippen LogP contribution in [0, 0.1) is 33.5 Å². The van der Waals surface area contributed by atoms with Gasteiger partial charge in [-0.05, 0) is 30.4 Å². The molecule has 224 valence electrons. The van der Waals surface area contributed by atoms with Crippen LogP contribution >= 0.6 is 0 Å². The fourth-order valence-electron chi connectivity index (χ4n) is 10.5. The van der Waals surface area contributed by atoms with E-state index < -0.39 is 64.1 Å². The van der Waals surface area contributed by atoms with E-state index in [1.165, 1.54) is 20.8 Å². The first-order valence-electron chi connectivity index (χ1n) is 14.7. The summed E-state index contributed by atoms with van der Waals surface area (Å²) in [5, 5.41) is 12.4. The maximum atomic E-state index is 12.6. The Balaban J connectivity index is 1.54. The number of rotatable bonds is 4. The Morgan fingerprint density at radius 3 is 2.15 bits per heavy atom. The molecule has 5 aliphatic rings. The van der Waals surface area contributed by atoms with Gasteiger partial charge in [-0.3, -0.25) is 14.4 Å². The molecule has 1 N–H and O–H groups in total. The van der Waals surface area contributed by atoms with E-state index in [0.717, 1.165) is 11.1 Å². The van der Waals surface area contributed by atoms with E-state index in [9.17, 15) is 19.5 Å². The topological polar surface area (TPSA) is 122 Å². The molecule has 0 aromatic carbocycles. The van der Waals surface area contributed by atoms with Gasteiger partial charge >= 0.3 is 17.9 Å². The molecule has 4 fully saturated rings. The average molecular weight is 571 g/mol. The second kappa shape index (κ2) is 9.17. The Bertz CT molecular complexity index is 1290. The molecule has 4 aliphatic carbocycles. The van der Waals surface area contributed by atoms with Gasteiger partial charge in [0, 0.05) is 60.7 Å². The van der Waals surface area contributed by atoms with Crippen LogP contribution in [0.4, 0.5) is 0 Å². The third-order valence-electron chi connectivity index (χ3n) is 12.0. The number of fused-ring (bicyclic) bond motifs is 4. The van der Waals surface area contributed by atoms with Crippen LogP contribution in [-0.2, 0) is 33.3 Å². The van der Waals surface area contributed by atoms with Crippen molar-refractivity contribution in [1.82, 2.24) is 0 Å². The van der Waals surface area contributed by atoms with Crippen LogP contribution in [0.1, 0.15) is 79.2 Å². The standard InChI is InChI=1S/C32H42O9/c1-16(33)39-23-13-25(41-18(3)35)32(7)22-12-24(40-17(2)34)30(5)20(19-10-11-37-14-19)8-9-21(30)31(22,6)28(36)26-27(32)29(23,4)15-38-26/h9-11,14,20,22-28,36H,8,12-13,15H2,1-7H3/t20-,22+,23-,24?,25+,26+,27+,28-,29-,30-,31+,32+/m1/s1. The quantitative estimate of drug-likeness (QED) is 0.320. The third kappa shape index (κ3) is 3.63. The summed E-state index contributed by atoms with van der Waals surface area (Å²) in [7, 11) is 0. The van der Waals surface area contributed by atoms with Crippen molar-refractivity contribution in [3.8, 4) is 0 Å². The molecule has 0 radical (unpaired) electrons. The Morgan fingerprint density at radius 1 is 0.902 bits per heavy atom. The van der Waals surface area contributed by atoms with Crippen molar-refractivity contribution >= 4 is 17.9 Å². The zero-order chi connectivity index (χ0) is 29.7. The smallest absolute Gasteiger partial charge is 0.302 e. The maximum absolute atomic E-state index is 12.6. The molecule has 6 rings (SSSR count). The van der Waals surface area contributed by atoms with Crippen molar-refractivity contribution < 1.29 is 42.9 Å². The first-order valence-corrected chi connectivity index (χ1v) is 14.7. The number of hydrogen-bond donors (Lipinski definition) is 1. The highest BCUT2D eigenvalue weighted by Gasteiger charge is 2.78. The van der Waals surface area contributed by atoms with Crippen LogP contribution in [-0.4, -0.2) is 60.1 Å². The predicted molar refractivity (Wildman–Crippen MR) is 145 cm³/mol. The molecule has 9 heteroatoms. The summed E-state index contributed by atoms with van der Waals surface area (Å²) in [4.78, 5) is 37.3. The molecule has 1 saturated heterocycles. The Labute approximate surface area is 240 Å². The van der Waals surface area contributed by atoms with Crippen LogP contribution < -0.4 is 0 Å². The van der Waals surface area contributed by atoms with Crippen LogP contribution in [0.25, 0.3) is 0 Å². The molecule has 1 aliphatic heterocycles. The zero-order valence-electron chi connectivity index (χ0n) is 25.0. The first kappa shape index (κ1) is 28.5. The molecule has 1 aromatic rings. The highest BCUT2D eigenvalue weighted by atomic mass is 16.6. The monoisotopic (exact) mass is 570 g/mol. The Hall–Kier alpha value is -2.65. The van der Waals surface area contributed by atoms with E-state index >= 15 is 0 Å². The van der Waals surface area contributed by atoms with Gasteiger partial charge in [-0.25, -0.2) is 0 Å². The fourth-order valence-corrected chi connectivity index (χ4v) is 10.5. The van der Waals surface area contributed by atoms with Gasteiger partial charge in [0.25, 0.3) is 0 Å². The van der Waals surface area contributed by atoms with E-state index in [4.69, 9.17) is 23.4 Å². The summed E-state index contributed by atoms with van der Waals surface area (Å²) >= 11 is 0. The van der Waals surface area contributed by atoms with Gasteiger partial charge in [-0.1, -0.05) is 39.3 Å². The zero-order valence-corrected chi connectivity index (χ0v) is 25.0. The summed E-state index contributed by atoms with van der Waals surface area (Å²) in [5.74, 6) is -1.70. The number of carbonyl (C=O) groups is 3. The van der Waals surface area contributed by atoms with Gasteiger partial charge < -0.3 is 28.5 Å². The molecule has 0 spiro atoms. The number of esters is 3. The minimum absolute atomic E-state index is 0.00478. The lowest BCUT2D eigenvalue weighted by molar-refractivity contribution is -0.271. The number of hydrogen-bond acceptors (Lipinski definition) is 9. The second-order valence-electron chi connectivity index (χ2n) is 13.9. The maximum Gasteiger partial charge on any atom is 0.302 e. The van der Waals surface area contributed by atoms with E-state index in [2.05, 4.69) is 33.8 Å². The van der Waals surface area contributed by atoms with Crippen LogP contribution in [0.2, 0.25) is 0 Å². The summed E-state index contributed by atoms with van der Waals surface area (Å²) in [6.45, 7) is 13.0. The third-order valence-corrected chi connectivity index (χ3v) is 12.0. The molecule has 0 amide bonds. The van der Waals surface area contributed by atoms with E-state index in [1.807, 2.05) is 6.07 Å². The Morgan fingerprint density at radius 2 is 1.54 bits per heavy atom. The number of allylic oxidation sites excluding steroid dienone is 1. The van der Waals surface area contributed by atoms with Gasteiger partial charge in [0.15, 0.2) is 0 Å². The lowest BCUT2D eigenvalue weighted by atomic mass is 9.36. The van der Waals surface area contributed by atoms with Gasteiger partial charge in [-0.15, -0.1) is 0 Å². The summed E-state index contributed by atoms with van der Waals surface area (Å²) in [6, 6.07) is 1.96. The van der Waals surface area contributed by atoms with Gasteiger partial charge in [0.2, 0.25) is 0 Å². The van der Waals surface area contributed by atoms with Crippen LogP contribution in [0.3, 0.4) is 0 Å². The molecule has 1 aromatic heterocycles. The summed E-state index contributed by atoms with van der Waals surface area (Å²) in [5.41, 5.74) is -0.578. The number of aliphatic hydroxyl groups is 1. The van der Waals surface area contributed by atoms with Crippen molar-refractivity contribution in [3.05, 3.63) is 35.8 Å². The van der Waals surface area contributed by atoms with Crippen molar-refractivity contribution in [2.45, 2.75) is 104 Å². The number of carbonyl (C=O) groups excluding carboxylic acids is 3. The van der Waals surface area contributed by atoms with Crippen LogP contribution in [0.15, 0.2) is 34.7 Å². The van der Waals surface area contributed by atoms with E-state index in [-0.39, 0.29) is 23.7 Å². The highest BCUT2D eigenvalue weighted by molar-refractivity contribution is 5.67. The molecular formula is C32H42O9. The van der Waals surface area contributed by atoms with E-state index in [1.54, 1.807) is 12.5 Å². The van der Waals surface area contributed by atoms with Gasteiger partial charge in [0.1, 0.15) is 18.3 Å². The van der Waals surface area contributed by atoms with Gasteiger partial charge in [0.05, 0.1) is 31.3 Å². The number of furan rings is 1. The molecular weight excluding hydrogens is 528 g/mol.